The first-order chi connectivity index (χ1) is 21.9. The van der Waals surface area contributed by atoms with Gasteiger partial charge < -0.3 is 14.3 Å². The van der Waals surface area contributed by atoms with E-state index in [-0.39, 0.29) is 11.6 Å². The molecule has 226 valence electrons. The predicted octanol–water partition coefficient (Wildman–Crippen LogP) is 8.65. The summed E-state index contributed by atoms with van der Waals surface area (Å²) >= 11 is 0. The van der Waals surface area contributed by atoms with Gasteiger partial charge in [-0.2, -0.15) is 0 Å². The molecule has 0 aliphatic carbocycles. The molecule has 4 heteroatoms. The van der Waals surface area contributed by atoms with Gasteiger partial charge in [-0.1, -0.05) is 148 Å². The Labute approximate surface area is 267 Å². The van der Waals surface area contributed by atoms with Crippen LogP contribution in [0.4, 0.5) is 0 Å². The smallest absolute Gasteiger partial charge is 0.261 e. The van der Waals surface area contributed by atoms with Crippen molar-refractivity contribution in [2.75, 3.05) is 0 Å². The van der Waals surface area contributed by atoms with Gasteiger partial charge in [-0.25, -0.2) is 0 Å². The highest BCUT2D eigenvalue weighted by molar-refractivity contribution is 6.99. The minimum Gasteiger partial charge on any atom is -0.489 e. The number of aliphatic hydroxyl groups excluding tert-OH is 1. The number of hydrogen-bond donors (Lipinski definition) is 1. The highest BCUT2D eigenvalue weighted by Gasteiger charge is 2.50. The topological polar surface area (TPSA) is 38.7 Å². The van der Waals surface area contributed by atoms with Crippen LogP contribution in [0.25, 0.3) is 21.9 Å². The Morgan fingerprint density at radius 3 is 1.73 bits per heavy atom. The van der Waals surface area contributed by atoms with Gasteiger partial charge in [-0.05, 0) is 72.2 Å². The molecule has 3 nitrogen and oxygen atoms in total. The lowest BCUT2D eigenvalue weighted by atomic mass is 9.90. The Morgan fingerprint density at radius 1 is 0.622 bits per heavy atom. The molecule has 0 aromatic heterocycles. The third kappa shape index (κ3) is 6.23. The van der Waals surface area contributed by atoms with E-state index in [1.165, 1.54) is 10.4 Å². The lowest BCUT2D eigenvalue weighted by Crippen LogP contribution is -2.66. The van der Waals surface area contributed by atoms with Crippen molar-refractivity contribution in [3.8, 4) is 16.9 Å². The summed E-state index contributed by atoms with van der Waals surface area (Å²) in [6.45, 7) is 7.64. The molecule has 0 radical (unpaired) electrons. The maximum absolute atomic E-state index is 10.9. The van der Waals surface area contributed by atoms with Gasteiger partial charge in [0.1, 0.15) is 12.4 Å². The molecule has 0 heterocycles. The van der Waals surface area contributed by atoms with E-state index in [1.54, 1.807) is 0 Å². The summed E-state index contributed by atoms with van der Waals surface area (Å²) < 4.78 is 13.6. The number of aliphatic hydroxyl groups is 1. The second kappa shape index (κ2) is 13.3. The van der Waals surface area contributed by atoms with Gasteiger partial charge in [-0.3, -0.25) is 0 Å². The third-order valence-electron chi connectivity index (χ3n) is 8.64. The van der Waals surface area contributed by atoms with Gasteiger partial charge in [0.2, 0.25) is 0 Å². The molecule has 6 rings (SSSR count). The zero-order chi connectivity index (χ0) is 31.3. The average molecular weight is 609 g/mol. The van der Waals surface area contributed by atoms with Crippen molar-refractivity contribution in [3.63, 3.8) is 0 Å². The fourth-order valence-corrected chi connectivity index (χ4v) is 11.0. The minimum atomic E-state index is -2.80. The molecular formula is C41H40O3Si. The molecule has 0 bridgehead atoms. The monoisotopic (exact) mass is 608 g/mol. The van der Waals surface area contributed by atoms with E-state index in [0.717, 1.165) is 44.3 Å². The van der Waals surface area contributed by atoms with Crippen LogP contribution in [0.3, 0.4) is 0 Å². The van der Waals surface area contributed by atoms with Gasteiger partial charge in [0.25, 0.3) is 8.32 Å². The molecule has 0 saturated carbocycles. The molecule has 0 atom stereocenters. The highest BCUT2D eigenvalue weighted by Crippen LogP contribution is 2.40. The first-order valence-corrected chi connectivity index (χ1v) is 17.5. The molecule has 6 aromatic rings. The number of fused-ring (bicyclic) bond motifs is 1. The Balaban J connectivity index is 1.48. The molecule has 0 spiro atoms. The summed E-state index contributed by atoms with van der Waals surface area (Å²) in [5.41, 5.74) is 5.10. The summed E-state index contributed by atoms with van der Waals surface area (Å²) in [6, 6.07) is 50.4. The van der Waals surface area contributed by atoms with Gasteiger partial charge in [0.05, 0.1) is 13.2 Å². The van der Waals surface area contributed by atoms with E-state index in [9.17, 15) is 5.11 Å². The first kappa shape index (κ1) is 30.5. The van der Waals surface area contributed by atoms with Crippen molar-refractivity contribution in [2.24, 2.45) is 0 Å². The highest BCUT2D eigenvalue weighted by atomic mass is 28.4. The largest absolute Gasteiger partial charge is 0.489 e. The summed E-state index contributed by atoms with van der Waals surface area (Å²) in [5, 5.41) is 15.4. The fraction of sp³-hybridized carbons (Fsp3) is 0.171. The number of ether oxygens (including phenoxy) is 1. The SMILES string of the molecule is CC(C)(C)[Si](OCc1cc2cc(OCc3ccccc3)ccc2c(-c2ccccc2)c1CO)(c1ccccc1)c1ccccc1. The Bertz CT molecular complexity index is 1810. The summed E-state index contributed by atoms with van der Waals surface area (Å²) in [6.07, 6.45) is 0. The van der Waals surface area contributed by atoms with E-state index >= 15 is 0 Å². The maximum Gasteiger partial charge on any atom is 0.261 e. The van der Waals surface area contributed by atoms with Crippen LogP contribution in [-0.4, -0.2) is 13.4 Å². The van der Waals surface area contributed by atoms with Gasteiger partial charge in [0.15, 0.2) is 0 Å². The van der Waals surface area contributed by atoms with Crippen LogP contribution in [0.15, 0.2) is 146 Å². The van der Waals surface area contributed by atoms with Crippen LogP contribution in [0.2, 0.25) is 5.04 Å². The number of rotatable bonds is 10. The van der Waals surface area contributed by atoms with Crippen LogP contribution in [0, 0.1) is 0 Å². The van der Waals surface area contributed by atoms with Gasteiger partial charge >= 0.3 is 0 Å². The van der Waals surface area contributed by atoms with Crippen LogP contribution >= 0.6 is 0 Å². The predicted molar refractivity (Wildman–Crippen MR) is 188 cm³/mol. The quantitative estimate of drug-likeness (QED) is 0.158. The van der Waals surface area contributed by atoms with Crippen molar-refractivity contribution < 1.29 is 14.3 Å². The van der Waals surface area contributed by atoms with E-state index in [4.69, 9.17) is 9.16 Å². The number of benzene rings is 6. The van der Waals surface area contributed by atoms with Crippen LogP contribution in [-0.2, 0) is 24.2 Å². The van der Waals surface area contributed by atoms with Crippen molar-refractivity contribution in [1.29, 1.82) is 0 Å². The van der Waals surface area contributed by atoms with E-state index < -0.39 is 8.32 Å². The van der Waals surface area contributed by atoms with E-state index in [2.05, 4.69) is 124 Å². The molecule has 1 N–H and O–H groups in total. The Morgan fingerprint density at radius 2 is 1.18 bits per heavy atom. The summed E-state index contributed by atoms with van der Waals surface area (Å²) in [4.78, 5) is 0. The Kier molecular flexibility index (Phi) is 8.99. The lowest BCUT2D eigenvalue weighted by molar-refractivity contribution is 0.264. The summed E-state index contributed by atoms with van der Waals surface area (Å²) in [7, 11) is -2.80. The van der Waals surface area contributed by atoms with Gasteiger partial charge in [0, 0.05) is 0 Å². The molecular weight excluding hydrogens is 569 g/mol. The maximum atomic E-state index is 10.9. The molecule has 0 fully saturated rings. The van der Waals surface area contributed by atoms with Gasteiger partial charge in [-0.15, -0.1) is 0 Å². The van der Waals surface area contributed by atoms with Crippen LogP contribution < -0.4 is 15.1 Å². The van der Waals surface area contributed by atoms with Crippen molar-refractivity contribution in [2.45, 2.75) is 45.6 Å². The second-order valence-electron chi connectivity index (χ2n) is 12.5. The third-order valence-corrected chi connectivity index (χ3v) is 13.6. The Hall–Kier alpha value is -4.48. The molecule has 0 aliphatic rings. The second-order valence-corrected chi connectivity index (χ2v) is 16.8. The molecule has 45 heavy (non-hydrogen) atoms. The molecule has 0 unspecified atom stereocenters. The first-order valence-electron chi connectivity index (χ1n) is 15.6. The van der Waals surface area contributed by atoms with Crippen molar-refractivity contribution >= 4 is 29.5 Å². The fourth-order valence-electron chi connectivity index (χ4n) is 6.51. The van der Waals surface area contributed by atoms with Crippen molar-refractivity contribution in [3.05, 3.63) is 162 Å². The van der Waals surface area contributed by atoms with Crippen molar-refractivity contribution in [1.82, 2.24) is 0 Å². The molecule has 0 saturated heterocycles. The van der Waals surface area contributed by atoms with E-state index in [0.29, 0.717) is 13.2 Å². The lowest BCUT2D eigenvalue weighted by Gasteiger charge is -2.43. The zero-order valence-corrected chi connectivity index (χ0v) is 27.2. The number of hydrogen-bond acceptors (Lipinski definition) is 3. The average Bonchev–Trinajstić information content (AvgIpc) is 3.08. The molecule has 6 aromatic carbocycles. The van der Waals surface area contributed by atoms with Crippen LogP contribution in [0.1, 0.15) is 37.5 Å². The standard InChI is InChI=1S/C41H40O3Si/c1-41(2,3)45(36-20-12-6-13-21-36,37-22-14-7-15-23-37)44-30-34-26-33-27-35(43-29-31-16-8-4-9-17-31)24-25-38(33)40(39(34)28-42)32-18-10-5-11-19-32/h4-27,42H,28-30H2,1-3H3. The minimum absolute atomic E-state index is 0.0914. The molecule has 0 amide bonds. The van der Waals surface area contributed by atoms with Crippen LogP contribution in [0.5, 0.6) is 5.75 Å². The zero-order valence-electron chi connectivity index (χ0n) is 26.2. The normalized spacial score (nSPS) is 11.9. The van der Waals surface area contributed by atoms with E-state index in [1.807, 2.05) is 42.5 Å². The molecule has 0 aliphatic heterocycles. The summed E-state index contributed by atoms with van der Waals surface area (Å²) in [5.74, 6) is 0.806.